The van der Waals surface area contributed by atoms with E-state index in [0.717, 1.165) is 11.3 Å². The van der Waals surface area contributed by atoms with E-state index in [4.69, 9.17) is 10.8 Å². The second-order valence-electron chi connectivity index (χ2n) is 3.93. The van der Waals surface area contributed by atoms with Crippen LogP contribution in [0.15, 0.2) is 5.38 Å². The average molecular weight is 297 g/mol. The summed E-state index contributed by atoms with van der Waals surface area (Å²) in [5.41, 5.74) is 5.48. The van der Waals surface area contributed by atoms with Crippen molar-refractivity contribution in [3.05, 3.63) is 16.1 Å². The van der Waals surface area contributed by atoms with Crippen molar-refractivity contribution in [2.24, 2.45) is 5.73 Å². The van der Waals surface area contributed by atoms with Gasteiger partial charge < -0.3 is 15.7 Å². The van der Waals surface area contributed by atoms with Gasteiger partial charge in [-0.15, -0.1) is 11.3 Å². The second-order valence-corrected chi connectivity index (χ2v) is 4.81. The van der Waals surface area contributed by atoms with Gasteiger partial charge in [-0.1, -0.05) is 0 Å². The van der Waals surface area contributed by atoms with E-state index in [1.807, 2.05) is 0 Å². The van der Waals surface area contributed by atoms with Gasteiger partial charge in [-0.05, 0) is 6.92 Å². The zero-order chi connectivity index (χ0) is 14.6. The van der Waals surface area contributed by atoms with Crippen LogP contribution in [0.1, 0.15) is 28.5 Å². The van der Waals surface area contributed by atoms with Crippen molar-refractivity contribution in [3.8, 4) is 0 Å². The van der Waals surface area contributed by atoms with Gasteiger partial charge in [0.2, 0.25) is 0 Å². The van der Waals surface area contributed by atoms with Crippen molar-refractivity contribution in [2.45, 2.75) is 19.1 Å². The number of halogens is 3. The first-order chi connectivity index (χ1) is 8.74. The molecule has 1 heterocycles. The van der Waals surface area contributed by atoms with E-state index in [1.165, 1.54) is 5.38 Å². The molecule has 108 valence electrons. The molecule has 0 spiro atoms. The quantitative estimate of drug-likeness (QED) is 0.854. The van der Waals surface area contributed by atoms with Gasteiger partial charge in [-0.2, -0.15) is 13.2 Å². The van der Waals surface area contributed by atoms with E-state index in [0.29, 0.717) is 9.91 Å². The van der Waals surface area contributed by atoms with Gasteiger partial charge >= 0.3 is 6.18 Å². The zero-order valence-corrected chi connectivity index (χ0v) is 11.0. The standard InChI is InChI=1S/C10H14F3N3O2S/c1-6(14)8-15-7(4-19-8)9(18)16(2-3-17)5-10(11,12)13/h4,6,17H,2-3,5,14H2,1H3. The Morgan fingerprint density at radius 3 is 2.68 bits per heavy atom. The Hall–Kier alpha value is -1.19. The van der Waals surface area contributed by atoms with E-state index >= 15 is 0 Å². The fourth-order valence-electron chi connectivity index (χ4n) is 1.35. The lowest BCUT2D eigenvalue weighted by atomic mass is 10.3. The molecular weight excluding hydrogens is 283 g/mol. The van der Waals surface area contributed by atoms with Crippen molar-refractivity contribution < 1.29 is 23.1 Å². The first-order valence-corrected chi connectivity index (χ1v) is 6.30. The molecule has 0 aliphatic rings. The summed E-state index contributed by atoms with van der Waals surface area (Å²) in [5, 5.41) is 10.6. The van der Waals surface area contributed by atoms with Gasteiger partial charge in [-0.25, -0.2) is 4.98 Å². The molecule has 0 fully saturated rings. The summed E-state index contributed by atoms with van der Waals surface area (Å²) in [6.07, 6.45) is -4.52. The monoisotopic (exact) mass is 297 g/mol. The molecule has 1 rings (SSSR count). The lowest BCUT2D eigenvalue weighted by Crippen LogP contribution is -2.40. The summed E-state index contributed by atoms with van der Waals surface area (Å²) in [7, 11) is 0. The molecule has 1 aromatic rings. The summed E-state index contributed by atoms with van der Waals surface area (Å²) in [6, 6.07) is -0.388. The van der Waals surface area contributed by atoms with E-state index in [1.54, 1.807) is 6.92 Å². The molecule has 1 atom stereocenters. The maximum Gasteiger partial charge on any atom is 0.406 e. The molecule has 19 heavy (non-hydrogen) atoms. The zero-order valence-electron chi connectivity index (χ0n) is 10.1. The van der Waals surface area contributed by atoms with Gasteiger partial charge in [0.1, 0.15) is 17.2 Å². The Balaban J connectivity index is 2.86. The predicted octanol–water partition coefficient (Wildman–Crippen LogP) is 1.16. The molecular formula is C10H14F3N3O2S. The van der Waals surface area contributed by atoms with E-state index in [-0.39, 0.29) is 11.7 Å². The molecule has 3 N–H and O–H groups in total. The third-order valence-corrected chi connectivity index (χ3v) is 3.20. The number of nitrogens with zero attached hydrogens (tertiary/aromatic N) is 2. The summed E-state index contributed by atoms with van der Waals surface area (Å²) in [4.78, 5) is 16.3. The topological polar surface area (TPSA) is 79.5 Å². The summed E-state index contributed by atoms with van der Waals surface area (Å²) >= 11 is 1.11. The summed E-state index contributed by atoms with van der Waals surface area (Å²) < 4.78 is 37.0. The molecule has 0 aliphatic heterocycles. The number of carbonyl (C=O) groups excluding carboxylic acids is 1. The van der Waals surface area contributed by atoms with E-state index in [2.05, 4.69) is 4.98 Å². The Morgan fingerprint density at radius 2 is 2.26 bits per heavy atom. The number of rotatable bonds is 5. The summed E-state index contributed by atoms with van der Waals surface area (Å²) in [5.74, 6) is -0.866. The highest BCUT2D eigenvalue weighted by atomic mass is 32.1. The van der Waals surface area contributed by atoms with E-state index < -0.39 is 31.8 Å². The maximum atomic E-state index is 12.3. The van der Waals surface area contributed by atoms with Gasteiger partial charge in [0.15, 0.2) is 0 Å². The number of aromatic nitrogens is 1. The summed E-state index contributed by atoms with van der Waals surface area (Å²) in [6.45, 7) is -0.707. The molecule has 0 aromatic carbocycles. The number of hydrogen-bond donors (Lipinski definition) is 2. The Labute approximate surface area is 111 Å². The minimum atomic E-state index is -4.52. The second kappa shape index (κ2) is 6.31. The molecule has 1 unspecified atom stereocenters. The molecule has 1 amide bonds. The van der Waals surface area contributed by atoms with Crippen LogP contribution in [0.4, 0.5) is 13.2 Å². The number of aliphatic hydroxyl groups is 1. The van der Waals surface area contributed by atoms with Crippen molar-refractivity contribution in [2.75, 3.05) is 19.7 Å². The van der Waals surface area contributed by atoms with Crippen molar-refractivity contribution in [3.63, 3.8) is 0 Å². The number of aliphatic hydroxyl groups excluding tert-OH is 1. The van der Waals surface area contributed by atoms with Crippen LogP contribution < -0.4 is 5.73 Å². The molecule has 5 nitrogen and oxygen atoms in total. The minimum absolute atomic E-state index is 0.0880. The smallest absolute Gasteiger partial charge is 0.395 e. The van der Waals surface area contributed by atoms with Gasteiger partial charge in [0.05, 0.1) is 12.6 Å². The Bertz CT molecular complexity index is 434. The van der Waals surface area contributed by atoms with Crippen LogP contribution in [0.3, 0.4) is 0 Å². The molecule has 0 radical (unpaired) electrons. The number of amides is 1. The average Bonchev–Trinajstić information content (AvgIpc) is 2.75. The molecule has 9 heteroatoms. The fraction of sp³-hybridized carbons (Fsp3) is 0.600. The molecule has 0 bridgehead atoms. The lowest BCUT2D eigenvalue weighted by molar-refractivity contribution is -0.141. The van der Waals surface area contributed by atoms with Crippen molar-refractivity contribution in [1.82, 2.24) is 9.88 Å². The van der Waals surface area contributed by atoms with Crippen molar-refractivity contribution >= 4 is 17.2 Å². The highest BCUT2D eigenvalue weighted by molar-refractivity contribution is 7.09. The van der Waals surface area contributed by atoms with Crippen LogP contribution in [-0.4, -0.2) is 46.8 Å². The SMILES string of the molecule is CC(N)c1nc(C(=O)N(CCO)CC(F)(F)F)cs1. The van der Waals surface area contributed by atoms with Crippen LogP contribution in [-0.2, 0) is 0 Å². The van der Waals surface area contributed by atoms with E-state index in [9.17, 15) is 18.0 Å². The Morgan fingerprint density at radius 1 is 1.63 bits per heavy atom. The van der Waals surface area contributed by atoms with Crippen LogP contribution >= 0.6 is 11.3 Å². The van der Waals surface area contributed by atoms with Crippen LogP contribution in [0.5, 0.6) is 0 Å². The highest BCUT2D eigenvalue weighted by Crippen LogP contribution is 2.20. The van der Waals surface area contributed by atoms with Crippen LogP contribution in [0.2, 0.25) is 0 Å². The van der Waals surface area contributed by atoms with Crippen LogP contribution in [0.25, 0.3) is 0 Å². The van der Waals surface area contributed by atoms with Gasteiger partial charge in [0.25, 0.3) is 5.91 Å². The number of thiazole rings is 1. The van der Waals surface area contributed by atoms with Gasteiger partial charge in [-0.3, -0.25) is 4.79 Å². The Kier molecular flexibility index (Phi) is 5.27. The maximum absolute atomic E-state index is 12.3. The molecule has 1 aromatic heterocycles. The highest BCUT2D eigenvalue weighted by Gasteiger charge is 2.33. The number of nitrogens with two attached hydrogens (primary N) is 1. The molecule has 0 aliphatic carbocycles. The van der Waals surface area contributed by atoms with Crippen LogP contribution in [0, 0.1) is 0 Å². The van der Waals surface area contributed by atoms with Crippen molar-refractivity contribution in [1.29, 1.82) is 0 Å². The third kappa shape index (κ3) is 4.77. The largest absolute Gasteiger partial charge is 0.406 e. The predicted molar refractivity (Wildman–Crippen MR) is 63.8 cm³/mol. The fourth-order valence-corrected chi connectivity index (χ4v) is 2.10. The normalized spacial score (nSPS) is 13.4. The number of alkyl halides is 3. The molecule has 0 saturated heterocycles. The number of hydrogen-bond acceptors (Lipinski definition) is 5. The van der Waals surface area contributed by atoms with Gasteiger partial charge in [0, 0.05) is 11.9 Å². The first-order valence-electron chi connectivity index (χ1n) is 5.42. The first kappa shape index (κ1) is 15.9. The molecule has 0 saturated carbocycles. The number of carbonyl (C=O) groups is 1. The minimum Gasteiger partial charge on any atom is -0.395 e. The third-order valence-electron chi connectivity index (χ3n) is 2.16. The lowest BCUT2D eigenvalue weighted by Gasteiger charge is -2.22.